The van der Waals surface area contributed by atoms with Crippen LogP contribution >= 0.6 is 0 Å². The standard InChI is InChI=1S/C9H15N3O2/c1-7(13)12-4-2-9(3-5-12)6-10-8(14)11-9/h2-6H2,1H3,(H2,10,11,14). The van der Waals surface area contributed by atoms with Gasteiger partial charge in [0.15, 0.2) is 0 Å². The van der Waals surface area contributed by atoms with Gasteiger partial charge in [0.2, 0.25) is 5.91 Å². The number of nitrogens with one attached hydrogen (secondary N) is 2. The van der Waals surface area contributed by atoms with Crippen LogP contribution in [0.4, 0.5) is 4.79 Å². The number of nitrogens with zero attached hydrogens (tertiary/aromatic N) is 1. The number of carbonyl (C=O) groups is 2. The van der Waals surface area contributed by atoms with Gasteiger partial charge in [0.25, 0.3) is 0 Å². The SMILES string of the molecule is CC(=O)N1CCC2(CC1)CNC(=O)N2. The van der Waals surface area contributed by atoms with Crippen LogP contribution in [0.5, 0.6) is 0 Å². The van der Waals surface area contributed by atoms with Gasteiger partial charge in [-0.25, -0.2) is 4.79 Å². The first-order valence-corrected chi connectivity index (χ1v) is 4.93. The van der Waals surface area contributed by atoms with Crippen LogP contribution in [0.2, 0.25) is 0 Å². The summed E-state index contributed by atoms with van der Waals surface area (Å²) in [7, 11) is 0. The smallest absolute Gasteiger partial charge is 0.315 e. The Bertz CT molecular complexity index is 269. The van der Waals surface area contributed by atoms with Gasteiger partial charge in [0.05, 0.1) is 5.54 Å². The van der Waals surface area contributed by atoms with E-state index in [1.165, 1.54) is 0 Å². The largest absolute Gasteiger partial charge is 0.343 e. The highest BCUT2D eigenvalue weighted by Gasteiger charge is 2.40. The highest BCUT2D eigenvalue weighted by molar-refractivity contribution is 5.78. The van der Waals surface area contributed by atoms with E-state index < -0.39 is 0 Å². The molecule has 78 valence electrons. The van der Waals surface area contributed by atoms with E-state index in [2.05, 4.69) is 10.6 Å². The molecule has 2 rings (SSSR count). The maximum absolute atomic E-state index is 11.1. The molecule has 0 atom stereocenters. The van der Waals surface area contributed by atoms with Gasteiger partial charge < -0.3 is 15.5 Å². The third-order valence-corrected chi connectivity index (χ3v) is 3.13. The van der Waals surface area contributed by atoms with E-state index in [4.69, 9.17) is 0 Å². The highest BCUT2D eigenvalue weighted by atomic mass is 16.2. The van der Waals surface area contributed by atoms with E-state index in [0.717, 1.165) is 25.9 Å². The fraction of sp³-hybridized carbons (Fsp3) is 0.778. The molecule has 2 fully saturated rings. The summed E-state index contributed by atoms with van der Waals surface area (Å²) in [5, 5.41) is 5.71. The third kappa shape index (κ3) is 1.54. The Balaban J connectivity index is 1.95. The van der Waals surface area contributed by atoms with Gasteiger partial charge in [-0.1, -0.05) is 0 Å². The first-order chi connectivity index (χ1) is 6.61. The van der Waals surface area contributed by atoms with Crippen LogP contribution in [0.25, 0.3) is 0 Å². The molecule has 3 amide bonds. The summed E-state index contributed by atoms with van der Waals surface area (Å²) in [5.41, 5.74) is -0.0942. The Hall–Kier alpha value is -1.26. The van der Waals surface area contributed by atoms with Crippen molar-refractivity contribution in [2.45, 2.75) is 25.3 Å². The summed E-state index contributed by atoms with van der Waals surface area (Å²) >= 11 is 0. The molecular formula is C9H15N3O2. The molecule has 0 aromatic carbocycles. The number of carbonyl (C=O) groups excluding carboxylic acids is 2. The first kappa shape index (κ1) is 9.30. The minimum atomic E-state index is -0.0942. The van der Waals surface area contributed by atoms with Crippen molar-refractivity contribution in [1.82, 2.24) is 15.5 Å². The molecule has 14 heavy (non-hydrogen) atoms. The third-order valence-electron chi connectivity index (χ3n) is 3.13. The molecular weight excluding hydrogens is 182 g/mol. The summed E-state index contributed by atoms with van der Waals surface area (Å²) in [6.07, 6.45) is 1.70. The molecule has 0 saturated carbocycles. The zero-order valence-electron chi connectivity index (χ0n) is 8.30. The zero-order chi connectivity index (χ0) is 10.2. The van der Waals surface area contributed by atoms with Crippen molar-refractivity contribution >= 4 is 11.9 Å². The second-order valence-corrected chi connectivity index (χ2v) is 4.09. The summed E-state index contributed by atoms with van der Waals surface area (Å²) in [6, 6.07) is -0.0822. The van der Waals surface area contributed by atoms with Crippen LogP contribution in [-0.2, 0) is 4.79 Å². The second-order valence-electron chi connectivity index (χ2n) is 4.09. The Morgan fingerprint density at radius 1 is 1.43 bits per heavy atom. The second kappa shape index (κ2) is 3.15. The van der Waals surface area contributed by atoms with Gasteiger partial charge in [-0.2, -0.15) is 0 Å². The van der Waals surface area contributed by atoms with Gasteiger partial charge in [-0.3, -0.25) is 4.79 Å². The molecule has 1 spiro atoms. The number of piperidine rings is 1. The summed E-state index contributed by atoms with van der Waals surface area (Å²) in [4.78, 5) is 23.9. The normalized spacial score (nSPS) is 24.6. The molecule has 0 aromatic heterocycles. The molecule has 2 heterocycles. The van der Waals surface area contributed by atoms with Crippen molar-refractivity contribution in [3.05, 3.63) is 0 Å². The predicted octanol–water partition coefficient (Wildman–Crippen LogP) is -0.320. The van der Waals surface area contributed by atoms with Crippen LogP contribution in [0.15, 0.2) is 0 Å². The quantitative estimate of drug-likeness (QED) is 0.559. The Kier molecular flexibility index (Phi) is 2.09. The number of likely N-dealkylation sites (tertiary alicyclic amines) is 1. The topological polar surface area (TPSA) is 61.4 Å². The lowest BCUT2D eigenvalue weighted by molar-refractivity contribution is -0.130. The van der Waals surface area contributed by atoms with Crippen molar-refractivity contribution in [1.29, 1.82) is 0 Å². The average molecular weight is 197 g/mol. The Labute approximate surface area is 82.8 Å². The maximum atomic E-state index is 11.1. The van der Waals surface area contributed by atoms with E-state index in [-0.39, 0.29) is 17.5 Å². The fourth-order valence-electron chi connectivity index (χ4n) is 2.13. The van der Waals surface area contributed by atoms with Gasteiger partial charge in [-0.05, 0) is 12.8 Å². The highest BCUT2D eigenvalue weighted by Crippen LogP contribution is 2.24. The van der Waals surface area contributed by atoms with Crippen LogP contribution < -0.4 is 10.6 Å². The van der Waals surface area contributed by atoms with Crippen LogP contribution in [0.1, 0.15) is 19.8 Å². The summed E-state index contributed by atoms with van der Waals surface area (Å²) < 4.78 is 0. The molecule has 5 nitrogen and oxygen atoms in total. The number of hydrogen-bond acceptors (Lipinski definition) is 2. The lowest BCUT2D eigenvalue weighted by Gasteiger charge is -2.37. The van der Waals surface area contributed by atoms with E-state index in [1.54, 1.807) is 6.92 Å². The molecule has 5 heteroatoms. The van der Waals surface area contributed by atoms with Crippen LogP contribution in [0, 0.1) is 0 Å². The van der Waals surface area contributed by atoms with Gasteiger partial charge in [-0.15, -0.1) is 0 Å². The van der Waals surface area contributed by atoms with Crippen molar-refractivity contribution in [3.8, 4) is 0 Å². The monoisotopic (exact) mass is 197 g/mol. The van der Waals surface area contributed by atoms with Crippen molar-refractivity contribution < 1.29 is 9.59 Å². The van der Waals surface area contributed by atoms with Crippen LogP contribution in [0.3, 0.4) is 0 Å². The molecule has 0 aliphatic carbocycles. The molecule has 0 aromatic rings. The molecule has 2 aliphatic heterocycles. The molecule has 2 N–H and O–H groups in total. The van der Waals surface area contributed by atoms with E-state index in [0.29, 0.717) is 6.54 Å². The molecule has 2 saturated heterocycles. The zero-order valence-corrected chi connectivity index (χ0v) is 8.30. The molecule has 0 radical (unpaired) electrons. The van der Waals surface area contributed by atoms with E-state index >= 15 is 0 Å². The Morgan fingerprint density at radius 3 is 2.50 bits per heavy atom. The lowest BCUT2D eigenvalue weighted by atomic mass is 9.88. The summed E-state index contributed by atoms with van der Waals surface area (Å²) in [6.45, 7) is 3.77. The average Bonchev–Trinajstić information content (AvgIpc) is 2.48. The van der Waals surface area contributed by atoms with Gasteiger partial charge in [0.1, 0.15) is 0 Å². The van der Waals surface area contributed by atoms with Crippen molar-refractivity contribution in [3.63, 3.8) is 0 Å². The first-order valence-electron chi connectivity index (χ1n) is 4.93. The van der Waals surface area contributed by atoms with Gasteiger partial charge in [0, 0.05) is 26.6 Å². The summed E-state index contributed by atoms with van der Waals surface area (Å²) in [5.74, 6) is 0.122. The number of urea groups is 1. The molecule has 0 bridgehead atoms. The van der Waals surface area contributed by atoms with Crippen molar-refractivity contribution in [2.75, 3.05) is 19.6 Å². The minimum absolute atomic E-state index is 0.0822. The molecule has 0 unspecified atom stereocenters. The maximum Gasteiger partial charge on any atom is 0.315 e. The fourth-order valence-corrected chi connectivity index (χ4v) is 2.13. The molecule has 2 aliphatic rings. The van der Waals surface area contributed by atoms with Crippen molar-refractivity contribution in [2.24, 2.45) is 0 Å². The lowest BCUT2D eigenvalue weighted by Crippen LogP contribution is -2.53. The minimum Gasteiger partial charge on any atom is -0.343 e. The number of hydrogen-bond donors (Lipinski definition) is 2. The van der Waals surface area contributed by atoms with Gasteiger partial charge >= 0.3 is 6.03 Å². The predicted molar refractivity (Wildman–Crippen MR) is 50.8 cm³/mol. The van der Waals surface area contributed by atoms with E-state index in [9.17, 15) is 9.59 Å². The number of amides is 3. The number of rotatable bonds is 0. The van der Waals surface area contributed by atoms with E-state index in [1.807, 2.05) is 4.90 Å². The Morgan fingerprint density at radius 2 is 2.07 bits per heavy atom. The van der Waals surface area contributed by atoms with Crippen LogP contribution in [-0.4, -0.2) is 42.0 Å².